The second-order valence-electron chi connectivity index (χ2n) is 5.80. The average molecular weight is 309 g/mol. The summed E-state index contributed by atoms with van der Waals surface area (Å²) in [6.07, 6.45) is 3.84. The van der Waals surface area contributed by atoms with Gasteiger partial charge in [-0.1, -0.05) is 12.1 Å². The maximum Gasteiger partial charge on any atom is 0.254 e. The minimum absolute atomic E-state index is 0.0156. The van der Waals surface area contributed by atoms with Crippen molar-refractivity contribution in [3.63, 3.8) is 0 Å². The highest BCUT2D eigenvalue weighted by molar-refractivity contribution is 7.83. The van der Waals surface area contributed by atoms with Crippen LogP contribution in [0.5, 0.6) is 0 Å². The Hall–Kier alpha value is -1.20. The fourth-order valence-electron chi connectivity index (χ4n) is 2.94. The molecule has 1 amide bonds. The number of carbonyl (C=O) groups is 1. The fraction of sp³-hybridized carbons (Fsp3) is 0.562. The Kier molecular flexibility index (Phi) is 5.53. The molecule has 116 valence electrons. The van der Waals surface area contributed by atoms with Crippen LogP contribution >= 0.6 is 0 Å². The van der Waals surface area contributed by atoms with Crippen molar-refractivity contribution in [2.45, 2.75) is 44.1 Å². The standard InChI is InChI=1S/C16H23NO3S/c1-12(18)9-15-7-4-8-17(15)16(19)14-6-3-5-13(10-14)11-21(2)20/h3,5-6,10,12,15,18H,4,7-9,11H2,1-2H3. The number of aliphatic hydroxyl groups is 1. The molecule has 1 saturated heterocycles. The van der Waals surface area contributed by atoms with Crippen molar-refractivity contribution in [3.8, 4) is 0 Å². The highest BCUT2D eigenvalue weighted by Crippen LogP contribution is 2.24. The van der Waals surface area contributed by atoms with E-state index in [0.717, 1.165) is 24.9 Å². The second kappa shape index (κ2) is 7.18. The summed E-state index contributed by atoms with van der Waals surface area (Å²) in [6, 6.07) is 7.51. The Morgan fingerprint density at radius 2 is 2.29 bits per heavy atom. The van der Waals surface area contributed by atoms with E-state index in [1.807, 2.05) is 29.2 Å². The predicted octanol–water partition coefficient (Wildman–Crippen LogP) is 1.94. The molecule has 21 heavy (non-hydrogen) atoms. The molecule has 3 atom stereocenters. The van der Waals surface area contributed by atoms with E-state index < -0.39 is 16.9 Å². The Morgan fingerprint density at radius 1 is 1.52 bits per heavy atom. The lowest BCUT2D eigenvalue weighted by molar-refractivity contribution is 0.0682. The van der Waals surface area contributed by atoms with E-state index in [0.29, 0.717) is 17.7 Å². The van der Waals surface area contributed by atoms with Crippen LogP contribution in [0.3, 0.4) is 0 Å². The Morgan fingerprint density at radius 3 is 2.95 bits per heavy atom. The summed E-state index contributed by atoms with van der Waals surface area (Å²) in [7, 11) is -0.913. The van der Waals surface area contributed by atoms with Gasteiger partial charge in [-0.15, -0.1) is 0 Å². The van der Waals surface area contributed by atoms with E-state index >= 15 is 0 Å². The van der Waals surface area contributed by atoms with Gasteiger partial charge in [0.15, 0.2) is 0 Å². The largest absolute Gasteiger partial charge is 0.393 e. The minimum atomic E-state index is -0.913. The molecule has 1 aromatic rings. The highest BCUT2D eigenvalue weighted by atomic mass is 32.2. The summed E-state index contributed by atoms with van der Waals surface area (Å²) >= 11 is 0. The van der Waals surface area contributed by atoms with Crippen LogP contribution in [0.15, 0.2) is 24.3 Å². The van der Waals surface area contributed by atoms with Crippen molar-refractivity contribution in [1.82, 2.24) is 4.90 Å². The Balaban J connectivity index is 2.13. The molecule has 4 nitrogen and oxygen atoms in total. The van der Waals surface area contributed by atoms with E-state index in [2.05, 4.69) is 0 Å². The van der Waals surface area contributed by atoms with Crippen molar-refractivity contribution < 1.29 is 14.1 Å². The average Bonchev–Trinajstić information content (AvgIpc) is 2.84. The van der Waals surface area contributed by atoms with Gasteiger partial charge in [0.25, 0.3) is 5.91 Å². The van der Waals surface area contributed by atoms with Gasteiger partial charge in [-0.25, -0.2) is 0 Å². The Labute approximate surface area is 128 Å². The van der Waals surface area contributed by atoms with Gasteiger partial charge in [0.1, 0.15) is 0 Å². The first-order valence-electron chi connectivity index (χ1n) is 7.35. The van der Waals surface area contributed by atoms with Crippen molar-refractivity contribution in [2.24, 2.45) is 0 Å². The lowest BCUT2D eigenvalue weighted by Gasteiger charge is -2.26. The van der Waals surface area contributed by atoms with E-state index in [1.54, 1.807) is 13.2 Å². The first kappa shape index (κ1) is 16.2. The maximum absolute atomic E-state index is 12.6. The van der Waals surface area contributed by atoms with Crippen LogP contribution in [0.1, 0.15) is 42.1 Å². The normalized spacial score (nSPS) is 21.3. The van der Waals surface area contributed by atoms with E-state index in [-0.39, 0.29) is 11.9 Å². The summed E-state index contributed by atoms with van der Waals surface area (Å²) in [5.41, 5.74) is 1.57. The van der Waals surface area contributed by atoms with Crippen LogP contribution in [-0.2, 0) is 16.6 Å². The molecule has 3 unspecified atom stereocenters. The second-order valence-corrected chi connectivity index (χ2v) is 7.23. The molecule has 1 N–H and O–H groups in total. The first-order chi connectivity index (χ1) is 9.97. The summed E-state index contributed by atoms with van der Waals surface area (Å²) in [5.74, 6) is 0.486. The molecule has 1 aliphatic heterocycles. The van der Waals surface area contributed by atoms with Crippen LogP contribution in [0, 0.1) is 0 Å². The summed E-state index contributed by atoms with van der Waals surface area (Å²) in [6.45, 7) is 2.51. The van der Waals surface area contributed by atoms with Gasteiger partial charge < -0.3 is 10.0 Å². The number of benzene rings is 1. The molecule has 2 rings (SSSR count). The number of nitrogens with zero attached hydrogens (tertiary/aromatic N) is 1. The first-order valence-corrected chi connectivity index (χ1v) is 9.08. The lowest BCUT2D eigenvalue weighted by atomic mass is 10.1. The number of aliphatic hydroxyl groups excluding tert-OH is 1. The van der Waals surface area contributed by atoms with Crippen LogP contribution in [0.25, 0.3) is 0 Å². The molecule has 5 heteroatoms. The van der Waals surface area contributed by atoms with Gasteiger partial charge in [-0.05, 0) is 43.9 Å². The highest BCUT2D eigenvalue weighted by Gasteiger charge is 2.30. The number of hydrogen-bond acceptors (Lipinski definition) is 3. The monoisotopic (exact) mass is 309 g/mol. The van der Waals surface area contributed by atoms with Crippen molar-refractivity contribution >= 4 is 16.7 Å². The van der Waals surface area contributed by atoms with E-state index in [9.17, 15) is 14.1 Å². The SMILES string of the molecule is CC(O)CC1CCCN1C(=O)c1cccc(CS(C)=O)c1. The molecule has 0 aliphatic carbocycles. The summed E-state index contributed by atoms with van der Waals surface area (Å²) in [5, 5.41) is 9.55. The summed E-state index contributed by atoms with van der Waals surface area (Å²) in [4.78, 5) is 14.5. The van der Waals surface area contributed by atoms with Gasteiger partial charge in [-0.2, -0.15) is 0 Å². The molecule has 0 saturated carbocycles. The zero-order valence-electron chi connectivity index (χ0n) is 12.6. The third-order valence-electron chi connectivity index (χ3n) is 3.80. The number of hydrogen-bond donors (Lipinski definition) is 1. The number of amides is 1. The van der Waals surface area contributed by atoms with Crippen LogP contribution < -0.4 is 0 Å². The maximum atomic E-state index is 12.6. The molecule has 1 aliphatic rings. The zero-order chi connectivity index (χ0) is 15.4. The quantitative estimate of drug-likeness (QED) is 0.904. The molecule has 0 spiro atoms. The van der Waals surface area contributed by atoms with Gasteiger partial charge in [-0.3, -0.25) is 9.00 Å². The van der Waals surface area contributed by atoms with Crippen molar-refractivity contribution in [3.05, 3.63) is 35.4 Å². The van der Waals surface area contributed by atoms with E-state index in [1.165, 1.54) is 0 Å². The molecular weight excluding hydrogens is 286 g/mol. The number of carbonyl (C=O) groups excluding carboxylic acids is 1. The lowest BCUT2D eigenvalue weighted by Crippen LogP contribution is -2.37. The fourth-order valence-corrected chi connectivity index (χ4v) is 3.59. The van der Waals surface area contributed by atoms with Gasteiger partial charge >= 0.3 is 0 Å². The van der Waals surface area contributed by atoms with Gasteiger partial charge in [0.05, 0.1) is 6.10 Å². The minimum Gasteiger partial charge on any atom is -0.393 e. The number of likely N-dealkylation sites (tertiary alicyclic amines) is 1. The number of rotatable bonds is 5. The molecule has 1 fully saturated rings. The molecular formula is C16H23NO3S. The van der Waals surface area contributed by atoms with Crippen molar-refractivity contribution in [1.29, 1.82) is 0 Å². The zero-order valence-corrected chi connectivity index (χ0v) is 13.4. The topological polar surface area (TPSA) is 57.6 Å². The molecule has 1 heterocycles. The molecule has 0 radical (unpaired) electrons. The molecule has 1 aromatic carbocycles. The van der Waals surface area contributed by atoms with Crippen LogP contribution in [-0.4, -0.2) is 45.1 Å². The van der Waals surface area contributed by atoms with Crippen LogP contribution in [0.2, 0.25) is 0 Å². The third kappa shape index (κ3) is 4.38. The smallest absolute Gasteiger partial charge is 0.254 e. The van der Waals surface area contributed by atoms with E-state index in [4.69, 9.17) is 0 Å². The molecule has 0 aromatic heterocycles. The predicted molar refractivity (Wildman–Crippen MR) is 84.6 cm³/mol. The van der Waals surface area contributed by atoms with Gasteiger partial charge in [0.2, 0.25) is 0 Å². The van der Waals surface area contributed by atoms with Crippen LogP contribution in [0.4, 0.5) is 0 Å². The molecule has 0 bridgehead atoms. The summed E-state index contributed by atoms with van der Waals surface area (Å²) < 4.78 is 11.3. The van der Waals surface area contributed by atoms with Gasteiger partial charge in [0, 0.05) is 41.0 Å². The van der Waals surface area contributed by atoms with Crippen molar-refractivity contribution in [2.75, 3.05) is 12.8 Å². The third-order valence-corrected chi connectivity index (χ3v) is 4.53. The Bertz CT molecular complexity index is 530.